The molecule has 4 aliphatic rings. The number of carbonyl (C=O) groups excluding carboxylic acids is 1. The van der Waals surface area contributed by atoms with Crippen LogP contribution < -0.4 is 0 Å². The fourth-order valence-electron chi connectivity index (χ4n) is 9.84. The van der Waals surface area contributed by atoms with Gasteiger partial charge in [0.2, 0.25) is 5.70 Å². The van der Waals surface area contributed by atoms with Crippen molar-refractivity contribution in [3.63, 3.8) is 0 Å². The Morgan fingerprint density at radius 1 is 1.00 bits per heavy atom. The molecule has 0 spiro atoms. The highest BCUT2D eigenvalue weighted by atomic mass is 16.6. The van der Waals surface area contributed by atoms with Crippen LogP contribution in [0.25, 0.3) is 0 Å². The van der Waals surface area contributed by atoms with Crippen LogP contribution in [0.5, 0.6) is 0 Å². The molecule has 1 aromatic carbocycles. The fourth-order valence-corrected chi connectivity index (χ4v) is 9.84. The minimum absolute atomic E-state index is 0.0852. The van der Waals surface area contributed by atoms with Crippen LogP contribution in [-0.2, 0) is 4.74 Å². The van der Waals surface area contributed by atoms with Gasteiger partial charge in [-0.3, -0.25) is 10.1 Å². The highest BCUT2D eigenvalue weighted by molar-refractivity contribution is 5.89. The highest BCUT2D eigenvalue weighted by Gasteiger charge is 2.62. The Kier molecular flexibility index (Phi) is 8.01. The number of ether oxygens (including phenoxy) is 1. The summed E-state index contributed by atoms with van der Waals surface area (Å²) >= 11 is 0. The van der Waals surface area contributed by atoms with Gasteiger partial charge in [-0.2, -0.15) is 0 Å². The first-order valence-electron chi connectivity index (χ1n) is 15.7. The zero-order valence-electron chi connectivity index (χ0n) is 24.8. The molecule has 0 heterocycles. The van der Waals surface area contributed by atoms with Gasteiger partial charge in [-0.05, 0) is 97.0 Å². The molecule has 0 bridgehead atoms. The molecule has 0 unspecified atom stereocenters. The van der Waals surface area contributed by atoms with Gasteiger partial charge in [0.05, 0.1) is 10.5 Å². The first kappa shape index (κ1) is 28.4. The van der Waals surface area contributed by atoms with Gasteiger partial charge in [-0.15, -0.1) is 0 Å². The topological polar surface area (TPSA) is 69.4 Å². The molecule has 0 radical (unpaired) electrons. The summed E-state index contributed by atoms with van der Waals surface area (Å²) < 4.78 is 5.91. The van der Waals surface area contributed by atoms with E-state index in [0.29, 0.717) is 47.3 Å². The molecule has 0 amide bonds. The van der Waals surface area contributed by atoms with E-state index in [-0.39, 0.29) is 22.4 Å². The lowest BCUT2D eigenvalue weighted by Crippen LogP contribution is -2.52. The molecule has 5 rings (SSSR count). The van der Waals surface area contributed by atoms with E-state index in [1.165, 1.54) is 44.9 Å². The number of esters is 1. The van der Waals surface area contributed by atoms with E-state index < -0.39 is 0 Å². The Morgan fingerprint density at radius 3 is 2.44 bits per heavy atom. The number of fused-ring (bicyclic) bond motifs is 5. The van der Waals surface area contributed by atoms with Crippen LogP contribution in [0.3, 0.4) is 0 Å². The average Bonchev–Trinajstić information content (AvgIpc) is 3.26. The van der Waals surface area contributed by atoms with Crippen molar-refractivity contribution >= 4 is 5.97 Å². The molecule has 0 aromatic heterocycles. The number of hydrogen-bond acceptors (Lipinski definition) is 4. The first-order chi connectivity index (χ1) is 18.5. The minimum Gasteiger partial charge on any atom is -0.458 e. The maximum absolute atomic E-state index is 12.8. The zero-order valence-corrected chi connectivity index (χ0v) is 24.8. The third-order valence-electron chi connectivity index (χ3n) is 11.8. The summed E-state index contributed by atoms with van der Waals surface area (Å²) in [5.74, 6) is 3.38. The minimum atomic E-state index is -0.325. The largest absolute Gasteiger partial charge is 0.458 e. The normalized spacial score (nSPS) is 36.6. The van der Waals surface area contributed by atoms with Gasteiger partial charge in [-0.1, -0.05) is 72.1 Å². The smallest absolute Gasteiger partial charge is 0.338 e. The summed E-state index contributed by atoms with van der Waals surface area (Å²) in [4.78, 5) is 25.2. The quantitative estimate of drug-likeness (QED) is 0.189. The summed E-state index contributed by atoms with van der Waals surface area (Å²) in [6, 6.07) is 9.08. The number of carbonyl (C=O) groups is 1. The molecule has 0 aliphatic heterocycles. The van der Waals surface area contributed by atoms with Crippen molar-refractivity contribution in [3.8, 4) is 0 Å². The molecule has 1 aromatic rings. The Morgan fingerprint density at radius 2 is 1.74 bits per heavy atom. The Labute approximate surface area is 235 Å². The van der Waals surface area contributed by atoms with Crippen LogP contribution in [-0.4, -0.2) is 17.0 Å². The van der Waals surface area contributed by atoms with E-state index in [4.69, 9.17) is 4.74 Å². The highest BCUT2D eigenvalue weighted by Crippen LogP contribution is 2.68. The monoisotopic (exact) mass is 535 g/mol. The summed E-state index contributed by atoms with van der Waals surface area (Å²) in [5.41, 5.74) is 2.10. The molecule has 214 valence electrons. The van der Waals surface area contributed by atoms with E-state index in [1.807, 2.05) is 18.2 Å². The lowest BCUT2D eigenvalue weighted by atomic mass is 9.46. The van der Waals surface area contributed by atoms with Crippen LogP contribution in [0.15, 0.2) is 41.6 Å². The molecule has 5 heteroatoms. The van der Waals surface area contributed by atoms with Crippen molar-refractivity contribution in [3.05, 3.63) is 57.3 Å². The van der Waals surface area contributed by atoms with Gasteiger partial charge < -0.3 is 4.74 Å². The number of benzene rings is 1. The van der Waals surface area contributed by atoms with E-state index in [2.05, 4.69) is 34.6 Å². The number of nitrogens with zero attached hydrogens (tertiary/aromatic N) is 1. The lowest BCUT2D eigenvalue weighted by Gasteiger charge is -2.58. The lowest BCUT2D eigenvalue weighted by molar-refractivity contribution is -0.434. The van der Waals surface area contributed by atoms with Crippen molar-refractivity contribution in [2.75, 3.05) is 0 Å². The maximum atomic E-state index is 12.8. The predicted molar refractivity (Wildman–Crippen MR) is 155 cm³/mol. The molecule has 0 saturated heterocycles. The first-order valence-corrected chi connectivity index (χ1v) is 15.7. The SMILES string of the molecule is CC(C)CCC[C@@H](C)[C@H]1CC[C@H]2[C@@H]3CC([N+](=O)[O-])=C4C[C@H](OC(=O)c5ccccc5)CC[C@]4(C)[C@H]3CC[C@]12C. The zero-order chi connectivity index (χ0) is 27.9. The number of rotatable bonds is 8. The van der Waals surface area contributed by atoms with Gasteiger partial charge in [-0.25, -0.2) is 4.79 Å². The molecule has 3 fully saturated rings. The average molecular weight is 536 g/mol. The maximum Gasteiger partial charge on any atom is 0.338 e. The van der Waals surface area contributed by atoms with Gasteiger partial charge >= 0.3 is 5.97 Å². The number of allylic oxidation sites excluding steroid dienone is 1. The third kappa shape index (κ3) is 5.20. The van der Waals surface area contributed by atoms with Gasteiger partial charge in [0.15, 0.2) is 0 Å². The summed E-state index contributed by atoms with van der Waals surface area (Å²) in [6.45, 7) is 12.0. The van der Waals surface area contributed by atoms with Crippen LogP contribution in [0.4, 0.5) is 0 Å². The second-order valence-electron chi connectivity index (χ2n) is 14.3. The molecular weight excluding hydrogens is 486 g/mol. The third-order valence-corrected chi connectivity index (χ3v) is 11.8. The summed E-state index contributed by atoms with van der Waals surface area (Å²) in [6.07, 6.45) is 11.3. The standard InChI is InChI=1S/C34H49NO4/c1-22(2)10-9-11-23(3)27-14-15-28-26-21-31(35(37)38)30-20-25(39-32(36)24-12-7-6-8-13-24)16-18-34(30,5)29(26)17-19-33(27,28)4/h6-8,12-13,22-23,25-29H,9-11,14-21H2,1-5H3/t23-,25-,26+,27-,28+,29+,33-,34-/m1/s1. The number of hydrogen-bond donors (Lipinski definition) is 0. The summed E-state index contributed by atoms with van der Waals surface area (Å²) in [7, 11) is 0. The van der Waals surface area contributed by atoms with Crippen molar-refractivity contribution in [2.45, 2.75) is 111 Å². The van der Waals surface area contributed by atoms with E-state index in [0.717, 1.165) is 36.2 Å². The van der Waals surface area contributed by atoms with Crippen LogP contribution in [0.2, 0.25) is 0 Å². The molecule has 8 atom stereocenters. The van der Waals surface area contributed by atoms with Gasteiger partial charge in [0.25, 0.3) is 0 Å². The Bertz CT molecular complexity index is 1100. The predicted octanol–water partition coefficient (Wildman–Crippen LogP) is 8.86. The van der Waals surface area contributed by atoms with E-state index in [1.54, 1.807) is 12.1 Å². The Hall–Kier alpha value is -2.17. The van der Waals surface area contributed by atoms with Crippen LogP contribution in [0, 0.1) is 56.5 Å². The molecule has 3 saturated carbocycles. The van der Waals surface area contributed by atoms with Crippen LogP contribution in [0.1, 0.15) is 116 Å². The van der Waals surface area contributed by atoms with Crippen molar-refractivity contribution in [1.29, 1.82) is 0 Å². The van der Waals surface area contributed by atoms with Crippen molar-refractivity contribution in [1.82, 2.24) is 0 Å². The van der Waals surface area contributed by atoms with E-state index >= 15 is 0 Å². The van der Waals surface area contributed by atoms with Gasteiger partial charge in [0.1, 0.15) is 6.10 Å². The molecular formula is C34H49NO4. The molecule has 39 heavy (non-hydrogen) atoms. The molecule has 5 nitrogen and oxygen atoms in total. The second-order valence-corrected chi connectivity index (χ2v) is 14.3. The van der Waals surface area contributed by atoms with Crippen molar-refractivity contribution < 1.29 is 14.5 Å². The second kappa shape index (κ2) is 11.0. The molecule has 0 N–H and O–H groups in total. The van der Waals surface area contributed by atoms with Crippen LogP contribution >= 0.6 is 0 Å². The van der Waals surface area contributed by atoms with Gasteiger partial charge in [0, 0.05) is 18.4 Å². The summed E-state index contributed by atoms with van der Waals surface area (Å²) in [5, 5.41) is 12.5. The van der Waals surface area contributed by atoms with Crippen molar-refractivity contribution in [2.24, 2.45) is 46.3 Å². The fraction of sp³-hybridized carbons (Fsp3) is 0.735. The van der Waals surface area contributed by atoms with E-state index in [9.17, 15) is 14.9 Å². The molecule has 4 aliphatic carbocycles. The Balaban J connectivity index is 1.35. The number of nitro groups is 1.